The van der Waals surface area contributed by atoms with Gasteiger partial charge in [-0.1, -0.05) is 0 Å². The predicted molar refractivity (Wildman–Crippen MR) is 93.1 cm³/mol. The van der Waals surface area contributed by atoms with Crippen molar-refractivity contribution in [3.8, 4) is 0 Å². The van der Waals surface area contributed by atoms with Gasteiger partial charge in [0.2, 0.25) is 5.91 Å². The normalized spacial score (nSPS) is 21.7. The molecule has 1 amide bonds. The largest absolute Gasteiger partial charge is 0.325 e. The number of hydrogen-bond acceptors (Lipinski definition) is 4. The summed E-state index contributed by atoms with van der Waals surface area (Å²) in [5.74, 6) is -0.155. The molecule has 1 aromatic carbocycles. The minimum Gasteiger partial charge on any atom is -0.325 e. The van der Waals surface area contributed by atoms with Gasteiger partial charge >= 0.3 is 0 Å². The first kappa shape index (κ1) is 16.6. The molecule has 4 nitrogen and oxygen atoms in total. The van der Waals surface area contributed by atoms with Crippen LogP contribution in [0.3, 0.4) is 0 Å². The van der Waals surface area contributed by atoms with Crippen molar-refractivity contribution in [2.45, 2.75) is 34.7 Å². The van der Waals surface area contributed by atoms with Gasteiger partial charge in [0.15, 0.2) is 5.16 Å². The van der Waals surface area contributed by atoms with E-state index in [0.717, 1.165) is 16.1 Å². The first-order valence-corrected chi connectivity index (χ1v) is 8.64. The molecule has 23 heavy (non-hydrogen) atoms. The molecule has 1 aliphatic carbocycles. The SMILES string of the molecule is Cc1cc(Sc2ncccn2)ccc1NC(=O)[C@@]1(C)CC1(Cl)Cl. The van der Waals surface area contributed by atoms with Crippen molar-refractivity contribution >= 4 is 46.6 Å². The molecule has 1 aliphatic rings. The van der Waals surface area contributed by atoms with Gasteiger partial charge in [0.05, 0.1) is 5.41 Å². The first-order valence-electron chi connectivity index (χ1n) is 7.07. The van der Waals surface area contributed by atoms with Crippen LogP contribution in [-0.4, -0.2) is 20.2 Å². The number of alkyl halides is 2. The summed E-state index contributed by atoms with van der Waals surface area (Å²) in [6, 6.07) is 7.56. The molecule has 0 radical (unpaired) electrons. The van der Waals surface area contributed by atoms with Gasteiger partial charge in [-0.15, -0.1) is 23.2 Å². The summed E-state index contributed by atoms with van der Waals surface area (Å²) in [5.41, 5.74) is 0.984. The third kappa shape index (κ3) is 3.32. The fourth-order valence-corrected chi connectivity index (χ4v) is 3.71. The van der Waals surface area contributed by atoms with Crippen molar-refractivity contribution in [2.75, 3.05) is 5.32 Å². The molecule has 1 atom stereocenters. The molecule has 1 heterocycles. The van der Waals surface area contributed by atoms with Gasteiger partial charge in [0, 0.05) is 23.0 Å². The summed E-state index contributed by atoms with van der Waals surface area (Å²) in [4.78, 5) is 21.7. The molecular formula is C16H15Cl2N3OS. The maximum Gasteiger partial charge on any atom is 0.233 e. The fraction of sp³-hybridized carbons (Fsp3) is 0.312. The van der Waals surface area contributed by atoms with Crippen molar-refractivity contribution in [3.05, 3.63) is 42.2 Å². The number of aryl methyl sites for hydroxylation is 1. The average molecular weight is 368 g/mol. The number of amides is 1. The zero-order valence-corrected chi connectivity index (χ0v) is 15.0. The monoisotopic (exact) mass is 367 g/mol. The Morgan fingerprint density at radius 3 is 2.52 bits per heavy atom. The maximum atomic E-state index is 12.3. The molecule has 1 aromatic heterocycles. The summed E-state index contributed by atoms with van der Waals surface area (Å²) in [6.45, 7) is 3.71. The Morgan fingerprint density at radius 2 is 1.96 bits per heavy atom. The molecule has 0 saturated heterocycles. The van der Waals surface area contributed by atoms with Gasteiger partial charge in [-0.05, 0) is 61.9 Å². The predicted octanol–water partition coefficient (Wildman–Crippen LogP) is 4.46. The Morgan fingerprint density at radius 1 is 1.30 bits per heavy atom. The van der Waals surface area contributed by atoms with Gasteiger partial charge in [0.1, 0.15) is 4.33 Å². The van der Waals surface area contributed by atoms with E-state index in [9.17, 15) is 4.79 Å². The van der Waals surface area contributed by atoms with E-state index in [-0.39, 0.29) is 5.91 Å². The Bertz CT molecular complexity index is 754. The number of carbonyl (C=O) groups excluding carboxylic acids is 1. The lowest BCUT2D eigenvalue weighted by atomic mass is 10.1. The number of carbonyl (C=O) groups is 1. The van der Waals surface area contributed by atoms with Crippen molar-refractivity contribution in [1.82, 2.24) is 9.97 Å². The highest BCUT2D eigenvalue weighted by atomic mass is 35.5. The van der Waals surface area contributed by atoms with Crippen LogP contribution in [0.5, 0.6) is 0 Å². The van der Waals surface area contributed by atoms with Crippen molar-refractivity contribution in [1.29, 1.82) is 0 Å². The number of rotatable bonds is 4. The molecule has 2 aromatic rings. The quantitative estimate of drug-likeness (QED) is 0.640. The van der Waals surface area contributed by atoms with Crippen LogP contribution in [-0.2, 0) is 4.79 Å². The highest BCUT2D eigenvalue weighted by molar-refractivity contribution is 7.99. The smallest absolute Gasteiger partial charge is 0.233 e. The van der Waals surface area contributed by atoms with Crippen LogP contribution >= 0.6 is 35.0 Å². The summed E-state index contributed by atoms with van der Waals surface area (Å²) in [5, 5.41) is 3.59. The number of hydrogen-bond donors (Lipinski definition) is 1. The molecule has 1 fully saturated rings. The molecule has 1 saturated carbocycles. The Balaban J connectivity index is 1.72. The van der Waals surface area contributed by atoms with Crippen LogP contribution in [0.4, 0.5) is 5.69 Å². The lowest BCUT2D eigenvalue weighted by Crippen LogP contribution is -2.26. The van der Waals surface area contributed by atoms with E-state index in [4.69, 9.17) is 23.2 Å². The van der Waals surface area contributed by atoms with E-state index in [1.54, 1.807) is 25.4 Å². The number of aromatic nitrogens is 2. The summed E-state index contributed by atoms with van der Waals surface area (Å²) < 4.78 is -0.967. The second kappa shape index (κ2) is 5.96. The number of benzene rings is 1. The van der Waals surface area contributed by atoms with E-state index in [1.807, 2.05) is 25.1 Å². The highest BCUT2D eigenvalue weighted by Gasteiger charge is 2.67. The minimum absolute atomic E-state index is 0.155. The van der Waals surface area contributed by atoms with Crippen LogP contribution in [0, 0.1) is 12.3 Å². The third-order valence-corrected chi connectivity index (χ3v) is 5.94. The number of nitrogens with zero attached hydrogens (tertiary/aromatic N) is 2. The Hall–Kier alpha value is -1.30. The van der Waals surface area contributed by atoms with Gasteiger partial charge < -0.3 is 5.32 Å². The second-order valence-corrected chi connectivity index (χ2v) is 8.30. The van der Waals surface area contributed by atoms with Gasteiger partial charge in [0.25, 0.3) is 0 Å². The molecular weight excluding hydrogens is 353 g/mol. The van der Waals surface area contributed by atoms with Crippen LogP contribution in [0.1, 0.15) is 18.9 Å². The molecule has 0 unspecified atom stereocenters. The molecule has 1 N–H and O–H groups in total. The van der Waals surface area contributed by atoms with Crippen LogP contribution in [0.15, 0.2) is 46.7 Å². The summed E-state index contributed by atoms with van der Waals surface area (Å²) in [6.07, 6.45) is 3.88. The lowest BCUT2D eigenvalue weighted by Gasteiger charge is -2.14. The maximum absolute atomic E-state index is 12.3. The van der Waals surface area contributed by atoms with E-state index in [2.05, 4.69) is 15.3 Å². The Kier molecular flexibility index (Phi) is 4.29. The fourth-order valence-electron chi connectivity index (χ4n) is 2.19. The van der Waals surface area contributed by atoms with E-state index in [0.29, 0.717) is 11.6 Å². The zero-order valence-electron chi connectivity index (χ0n) is 12.6. The van der Waals surface area contributed by atoms with E-state index >= 15 is 0 Å². The van der Waals surface area contributed by atoms with Gasteiger partial charge in [-0.25, -0.2) is 9.97 Å². The van der Waals surface area contributed by atoms with Crippen LogP contribution < -0.4 is 5.32 Å². The average Bonchev–Trinajstić information content (AvgIpc) is 3.03. The molecule has 0 spiro atoms. The number of halogens is 2. The molecule has 7 heteroatoms. The number of nitrogens with one attached hydrogen (secondary N) is 1. The van der Waals surface area contributed by atoms with Crippen molar-refractivity contribution in [3.63, 3.8) is 0 Å². The minimum atomic E-state index is -0.967. The van der Waals surface area contributed by atoms with Gasteiger partial charge in [-0.3, -0.25) is 4.79 Å². The van der Waals surface area contributed by atoms with Crippen LogP contribution in [0.2, 0.25) is 0 Å². The van der Waals surface area contributed by atoms with Crippen molar-refractivity contribution in [2.24, 2.45) is 5.41 Å². The van der Waals surface area contributed by atoms with E-state index < -0.39 is 9.75 Å². The molecule has 3 rings (SSSR count). The van der Waals surface area contributed by atoms with Crippen molar-refractivity contribution < 1.29 is 4.79 Å². The summed E-state index contributed by atoms with van der Waals surface area (Å²) >= 11 is 13.6. The zero-order chi connectivity index (χ0) is 16.7. The lowest BCUT2D eigenvalue weighted by molar-refractivity contribution is -0.120. The first-order chi connectivity index (χ1) is 10.8. The van der Waals surface area contributed by atoms with E-state index in [1.165, 1.54) is 11.8 Å². The Labute approximate surface area is 149 Å². The highest BCUT2D eigenvalue weighted by Crippen LogP contribution is 2.64. The molecule has 0 bridgehead atoms. The standard InChI is InChI=1S/C16H15Cl2N3OS/c1-10-8-11(23-14-19-6-3-7-20-14)4-5-12(10)21-13(22)15(2)9-16(15,17)18/h3-8H,9H2,1-2H3,(H,21,22)/t15-/m1/s1. The number of anilines is 1. The molecule has 0 aliphatic heterocycles. The topological polar surface area (TPSA) is 54.9 Å². The van der Waals surface area contributed by atoms with Crippen LogP contribution in [0.25, 0.3) is 0 Å². The summed E-state index contributed by atoms with van der Waals surface area (Å²) in [7, 11) is 0. The molecule has 120 valence electrons. The van der Waals surface area contributed by atoms with Gasteiger partial charge in [-0.2, -0.15) is 0 Å². The third-order valence-electron chi connectivity index (χ3n) is 3.96. The second-order valence-electron chi connectivity index (χ2n) is 5.78.